The first-order chi connectivity index (χ1) is 15.0. The maximum Gasteiger partial charge on any atom is 0.310 e. The van der Waals surface area contributed by atoms with Crippen LogP contribution in [0.3, 0.4) is 0 Å². The highest BCUT2D eigenvalue weighted by molar-refractivity contribution is 5.94. The van der Waals surface area contributed by atoms with Crippen LogP contribution in [0.15, 0.2) is 48.7 Å². The smallest absolute Gasteiger partial charge is 0.310 e. The Bertz CT molecular complexity index is 1100. The lowest BCUT2D eigenvalue weighted by Crippen LogP contribution is -2.43. The summed E-state index contributed by atoms with van der Waals surface area (Å²) in [5.41, 5.74) is 4.08. The van der Waals surface area contributed by atoms with E-state index < -0.39 is 0 Å². The van der Waals surface area contributed by atoms with E-state index in [9.17, 15) is 9.59 Å². The Hall–Kier alpha value is -3.35. The molecule has 7 nitrogen and oxygen atoms in total. The Morgan fingerprint density at radius 1 is 1.19 bits per heavy atom. The Balaban J connectivity index is 1.71. The van der Waals surface area contributed by atoms with Gasteiger partial charge in [0.25, 0.3) is 5.91 Å². The van der Waals surface area contributed by atoms with Crippen LogP contribution >= 0.6 is 0 Å². The van der Waals surface area contributed by atoms with Crippen molar-refractivity contribution in [3.8, 4) is 17.1 Å². The van der Waals surface area contributed by atoms with Gasteiger partial charge in [-0.05, 0) is 62.6 Å². The molecule has 1 amide bonds. The van der Waals surface area contributed by atoms with Gasteiger partial charge in [-0.15, -0.1) is 0 Å². The molecule has 0 radical (unpaired) electrons. The molecule has 0 spiro atoms. The molecular formula is C24H28N4O3. The maximum atomic E-state index is 13.6. The molecule has 31 heavy (non-hydrogen) atoms. The number of ether oxygens (including phenoxy) is 1. The van der Waals surface area contributed by atoms with Gasteiger partial charge in [0.05, 0.1) is 23.9 Å². The standard InChI is InChI=1S/C24H28N4O3/c1-4-31-24(30)18-9-6-13-27(16-18)23(29)22-15-20(21-11-7-12-26(21)3)25-28(22)19-10-5-8-17(2)14-19/h5,7-8,10-12,14-15,18H,4,6,9,13,16H2,1-3H3. The molecule has 1 unspecified atom stereocenters. The van der Waals surface area contributed by atoms with Gasteiger partial charge in [0, 0.05) is 26.3 Å². The minimum absolute atomic E-state index is 0.122. The van der Waals surface area contributed by atoms with E-state index in [2.05, 4.69) is 0 Å². The van der Waals surface area contributed by atoms with Gasteiger partial charge in [0.15, 0.2) is 0 Å². The van der Waals surface area contributed by atoms with Gasteiger partial charge in [-0.25, -0.2) is 4.68 Å². The third-order valence-corrected chi connectivity index (χ3v) is 5.71. The van der Waals surface area contributed by atoms with Gasteiger partial charge < -0.3 is 14.2 Å². The zero-order valence-corrected chi connectivity index (χ0v) is 18.2. The zero-order valence-electron chi connectivity index (χ0n) is 18.2. The van der Waals surface area contributed by atoms with Crippen LogP contribution in [0.5, 0.6) is 0 Å². The Labute approximate surface area is 182 Å². The van der Waals surface area contributed by atoms with Crippen molar-refractivity contribution in [3.63, 3.8) is 0 Å². The Kier molecular flexibility index (Phi) is 5.93. The average molecular weight is 421 g/mol. The lowest BCUT2D eigenvalue weighted by molar-refractivity contribution is -0.149. The molecule has 1 fully saturated rings. The van der Waals surface area contributed by atoms with E-state index in [-0.39, 0.29) is 17.8 Å². The van der Waals surface area contributed by atoms with E-state index in [0.717, 1.165) is 35.5 Å². The molecule has 1 aliphatic rings. The van der Waals surface area contributed by atoms with Crippen LogP contribution in [0.1, 0.15) is 35.8 Å². The maximum absolute atomic E-state index is 13.6. The Morgan fingerprint density at radius 2 is 2.03 bits per heavy atom. The molecule has 1 atom stereocenters. The van der Waals surface area contributed by atoms with Crippen molar-refractivity contribution in [2.24, 2.45) is 13.0 Å². The molecule has 0 N–H and O–H groups in total. The lowest BCUT2D eigenvalue weighted by Gasteiger charge is -2.31. The SMILES string of the molecule is CCOC(=O)C1CCCN(C(=O)c2cc(-c3cccn3C)nn2-c2cccc(C)c2)C1. The van der Waals surface area contributed by atoms with Gasteiger partial charge in [-0.1, -0.05) is 12.1 Å². The van der Waals surface area contributed by atoms with Crippen LogP contribution in [0.4, 0.5) is 0 Å². The molecule has 1 aromatic carbocycles. The minimum Gasteiger partial charge on any atom is -0.466 e. The molecule has 1 saturated heterocycles. The van der Waals surface area contributed by atoms with Crippen LogP contribution in [-0.2, 0) is 16.6 Å². The summed E-state index contributed by atoms with van der Waals surface area (Å²) in [4.78, 5) is 27.6. The molecule has 0 aliphatic carbocycles. The highest BCUT2D eigenvalue weighted by Gasteiger charge is 2.31. The van der Waals surface area contributed by atoms with Gasteiger partial charge >= 0.3 is 5.97 Å². The summed E-state index contributed by atoms with van der Waals surface area (Å²) >= 11 is 0. The second-order valence-corrected chi connectivity index (χ2v) is 8.01. The minimum atomic E-state index is -0.277. The summed E-state index contributed by atoms with van der Waals surface area (Å²) in [6, 6.07) is 13.7. The topological polar surface area (TPSA) is 69.4 Å². The average Bonchev–Trinajstić information content (AvgIpc) is 3.39. The molecule has 0 bridgehead atoms. The number of amides is 1. The van der Waals surface area contributed by atoms with Crippen LogP contribution < -0.4 is 0 Å². The summed E-state index contributed by atoms with van der Waals surface area (Å²) < 4.78 is 8.89. The number of likely N-dealkylation sites (tertiary alicyclic amines) is 1. The van der Waals surface area contributed by atoms with Crippen molar-refractivity contribution in [3.05, 3.63) is 59.9 Å². The molecular weight excluding hydrogens is 392 g/mol. The molecule has 3 aromatic rings. The first-order valence-electron chi connectivity index (χ1n) is 10.7. The van der Waals surface area contributed by atoms with Crippen molar-refractivity contribution < 1.29 is 14.3 Å². The van der Waals surface area contributed by atoms with E-state index in [0.29, 0.717) is 25.4 Å². The summed E-state index contributed by atoms with van der Waals surface area (Å²) in [5, 5.41) is 4.78. The van der Waals surface area contributed by atoms with Crippen LogP contribution in [0, 0.1) is 12.8 Å². The van der Waals surface area contributed by atoms with Gasteiger partial charge in [-0.2, -0.15) is 5.10 Å². The molecule has 7 heteroatoms. The summed E-state index contributed by atoms with van der Waals surface area (Å²) in [5.74, 6) is -0.625. The monoisotopic (exact) mass is 420 g/mol. The summed E-state index contributed by atoms with van der Waals surface area (Å²) in [6.45, 7) is 5.16. The van der Waals surface area contributed by atoms with E-state index >= 15 is 0 Å². The lowest BCUT2D eigenvalue weighted by atomic mass is 9.98. The van der Waals surface area contributed by atoms with Crippen LogP contribution in [-0.4, -0.2) is 50.8 Å². The molecule has 4 rings (SSSR count). The first-order valence-corrected chi connectivity index (χ1v) is 10.7. The zero-order chi connectivity index (χ0) is 22.0. The number of aryl methyl sites for hydroxylation is 2. The highest BCUT2D eigenvalue weighted by Crippen LogP contribution is 2.25. The fraction of sp³-hybridized carbons (Fsp3) is 0.375. The highest BCUT2D eigenvalue weighted by atomic mass is 16.5. The number of piperidine rings is 1. The normalized spacial score (nSPS) is 16.4. The predicted octanol–water partition coefficient (Wildman–Crippen LogP) is 3.60. The number of rotatable bonds is 5. The number of carbonyl (C=O) groups is 2. The summed E-state index contributed by atoms with van der Waals surface area (Å²) in [7, 11) is 1.96. The molecule has 0 saturated carbocycles. The van der Waals surface area contributed by atoms with Gasteiger partial charge in [0.1, 0.15) is 11.4 Å². The third kappa shape index (κ3) is 4.26. The molecule has 162 valence electrons. The van der Waals surface area contributed by atoms with E-state index in [1.165, 1.54) is 0 Å². The van der Waals surface area contributed by atoms with E-state index in [1.54, 1.807) is 16.5 Å². The Morgan fingerprint density at radius 3 is 2.74 bits per heavy atom. The van der Waals surface area contributed by atoms with Crippen molar-refractivity contribution in [2.45, 2.75) is 26.7 Å². The van der Waals surface area contributed by atoms with Crippen molar-refractivity contribution in [1.29, 1.82) is 0 Å². The van der Waals surface area contributed by atoms with E-state index in [1.807, 2.05) is 67.2 Å². The summed E-state index contributed by atoms with van der Waals surface area (Å²) in [6.07, 6.45) is 3.48. The number of aromatic nitrogens is 3. The van der Waals surface area contributed by atoms with Gasteiger partial charge in [0.2, 0.25) is 0 Å². The fourth-order valence-corrected chi connectivity index (χ4v) is 4.12. The number of carbonyl (C=O) groups excluding carboxylic acids is 2. The predicted molar refractivity (Wildman–Crippen MR) is 118 cm³/mol. The largest absolute Gasteiger partial charge is 0.466 e. The quantitative estimate of drug-likeness (QED) is 0.592. The molecule has 3 heterocycles. The molecule has 2 aromatic heterocycles. The van der Waals surface area contributed by atoms with Crippen LogP contribution in [0.2, 0.25) is 0 Å². The number of hydrogen-bond acceptors (Lipinski definition) is 4. The number of esters is 1. The number of nitrogens with zero attached hydrogens (tertiary/aromatic N) is 4. The second kappa shape index (κ2) is 8.79. The fourth-order valence-electron chi connectivity index (χ4n) is 4.12. The van der Waals surface area contributed by atoms with Gasteiger partial charge in [-0.3, -0.25) is 9.59 Å². The van der Waals surface area contributed by atoms with Crippen molar-refractivity contribution in [2.75, 3.05) is 19.7 Å². The molecule has 1 aliphatic heterocycles. The van der Waals surface area contributed by atoms with E-state index in [4.69, 9.17) is 9.84 Å². The number of hydrogen-bond donors (Lipinski definition) is 0. The number of benzene rings is 1. The van der Waals surface area contributed by atoms with Crippen LogP contribution in [0.25, 0.3) is 17.1 Å². The van der Waals surface area contributed by atoms with Crippen molar-refractivity contribution in [1.82, 2.24) is 19.2 Å². The van der Waals surface area contributed by atoms with Crippen molar-refractivity contribution >= 4 is 11.9 Å². The second-order valence-electron chi connectivity index (χ2n) is 8.01. The first kappa shape index (κ1) is 20.9. The third-order valence-electron chi connectivity index (χ3n) is 5.71.